The topological polar surface area (TPSA) is 149 Å². The molecule has 15 heteroatoms. The Hall–Kier alpha value is -5.07. The molecule has 2 fully saturated rings. The standard InChI is InChI=1S/C40H41ClFN9O3S/c1-20(2)22(4)51-17-32(48-49-51)24-8-6-23(7-9-24)19-53-36-34(27-10-11-31(42)37-33(27)29(14-43)38(44)55-37)30(41)13-28-35(36)46-40(54-18-21(3)52-5)47-39(28)50-16-25-12-26(50)15-45-25/h6-11,13,17,20-22,25-26,45H,12,15-16,18-19,44H2,1-5H3/t21-,22?,25?,26?/m0/s1. The number of thiophene rings is 1. The molecule has 2 aliphatic heterocycles. The molecule has 12 nitrogen and oxygen atoms in total. The van der Waals surface area contributed by atoms with E-state index < -0.39 is 5.82 Å². The van der Waals surface area contributed by atoms with Crippen molar-refractivity contribution < 1.29 is 18.6 Å². The van der Waals surface area contributed by atoms with E-state index in [1.165, 1.54) is 6.07 Å². The first-order valence-corrected chi connectivity index (χ1v) is 19.5. The number of piperazine rings is 1. The second kappa shape index (κ2) is 14.9. The molecular formula is C40H41ClFN9O3S. The van der Waals surface area contributed by atoms with Gasteiger partial charge >= 0.3 is 6.01 Å². The van der Waals surface area contributed by atoms with E-state index in [9.17, 15) is 5.26 Å². The number of nitrogens with two attached hydrogens (primary N) is 1. The molecule has 0 spiro atoms. The fraction of sp³-hybridized carbons (Fsp3) is 0.375. The van der Waals surface area contributed by atoms with E-state index in [1.54, 1.807) is 13.2 Å². The smallest absolute Gasteiger partial charge is 0.319 e. The molecule has 3 unspecified atom stereocenters. The Morgan fingerprint density at radius 3 is 2.62 bits per heavy atom. The van der Waals surface area contributed by atoms with E-state index in [1.807, 2.05) is 48.1 Å². The van der Waals surface area contributed by atoms with Crippen molar-refractivity contribution in [3.05, 3.63) is 70.6 Å². The van der Waals surface area contributed by atoms with Gasteiger partial charge in [-0.2, -0.15) is 15.2 Å². The van der Waals surface area contributed by atoms with Crippen molar-refractivity contribution >= 4 is 54.7 Å². The number of methoxy groups -OCH3 is 1. The number of hydrogen-bond donors (Lipinski definition) is 2. The average molecular weight is 782 g/mol. The summed E-state index contributed by atoms with van der Waals surface area (Å²) < 4.78 is 35.9. The fourth-order valence-electron chi connectivity index (χ4n) is 7.27. The van der Waals surface area contributed by atoms with E-state index in [4.69, 9.17) is 41.5 Å². The van der Waals surface area contributed by atoms with Crippen LogP contribution in [0.2, 0.25) is 5.02 Å². The molecule has 55 heavy (non-hydrogen) atoms. The molecule has 8 rings (SSSR count). The summed E-state index contributed by atoms with van der Waals surface area (Å²) in [6, 6.07) is 15.8. The molecule has 2 bridgehead atoms. The summed E-state index contributed by atoms with van der Waals surface area (Å²) in [5, 5.41) is 24.1. The zero-order valence-electron chi connectivity index (χ0n) is 31.1. The van der Waals surface area contributed by atoms with Gasteiger partial charge < -0.3 is 30.2 Å². The van der Waals surface area contributed by atoms with E-state index in [2.05, 4.69) is 47.4 Å². The number of fused-ring (bicyclic) bond motifs is 4. The third-order valence-corrected chi connectivity index (χ3v) is 12.1. The van der Waals surface area contributed by atoms with Crippen LogP contribution >= 0.6 is 22.9 Å². The highest BCUT2D eigenvalue weighted by molar-refractivity contribution is 7.23. The number of anilines is 2. The van der Waals surface area contributed by atoms with Crippen LogP contribution in [0.3, 0.4) is 0 Å². The second-order valence-corrected chi connectivity index (χ2v) is 16.1. The number of benzene rings is 3. The molecule has 2 saturated heterocycles. The predicted molar refractivity (Wildman–Crippen MR) is 213 cm³/mol. The molecule has 3 N–H and O–H groups in total. The molecule has 6 aromatic rings. The average Bonchev–Trinajstić information content (AvgIpc) is 4.01. The zero-order chi connectivity index (χ0) is 38.5. The number of aromatic nitrogens is 5. The lowest BCUT2D eigenvalue weighted by atomic mass is 9.96. The van der Waals surface area contributed by atoms with Gasteiger partial charge in [-0.05, 0) is 49.4 Å². The number of halogens is 2. The molecule has 2 aliphatic rings. The van der Waals surface area contributed by atoms with Crippen LogP contribution in [0.5, 0.6) is 11.8 Å². The Kier molecular flexibility index (Phi) is 9.98. The maximum absolute atomic E-state index is 15.3. The van der Waals surface area contributed by atoms with Crippen molar-refractivity contribution in [2.24, 2.45) is 5.92 Å². The van der Waals surface area contributed by atoms with Gasteiger partial charge in [0.1, 0.15) is 47.1 Å². The highest BCUT2D eigenvalue weighted by Gasteiger charge is 2.40. The molecule has 3 aromatic heterocycles. The normalized spacial score (nSPS) is 17.7. The lowest BCUT2D eigenvalue weighted by molar-refractivity contribution is 0.0682. The van der Waals surface area contributed by atoms with Crippen molar-refractivity contribution in [2.75, 3.05) is 37.4 Å². The Morgan fingerprint density at radius 2 is 1.93 bits per heavy atom. The lowest BCUT2D eigenvalue weighted by Gasteiger charge is -2.30. The fourth-order valence-corrected chi connectivity index (χ4v) is 8.52. The third-order valence-electron chi connectivity index (χ3n) is 10.8. The summed E-state index contributed by atoms with van der Waals surface area (Å²) in [6.07, 6.45) is 2.74. The van der Waals surface area contributed by atoms with Crippen molar-refractivity contribution in [3.63, 3.8) is 0 Å². The Balaban J connectivity index is 1.27. The largest absolute Gasteiger partial charge is 0.486 e. The molecule has 5 heterocycles. The molecule has 284 valence electrons. The number of rotatable bonds is 12. The van der Waals surface area contributed by atoms with Gasteiger partial charge in [0.15, 0.2) is 5.75 Å². The van der Waals surface area contributed by atoms with Crippen molar-refractivity contribution in [1.82, 2.24) is 30.3 Å². The lowest BCUT2D eigenvalue weighted by Crippen LogP contribution is -2.44. The summed E-state index contributed by atoms with van der Waals surface area (Å²) >= 11 is 8.31. The maximum Gasteiger partial charge on any atom is 0.319 e. The van der Waals surface area contributed by atoms with E-state index in [0.717, 1.165) is 47.7 Å². The molecule has 0 aliphatic carbocycles. The molecule has 0 amide bonds. The Labute approximate surface area is 327 Å². The summed E-state index contributed by atoms with van der Waals surface area (Å²) in [5.41, 5.74) is 10.4. The van der Waals surface area contributed by atoms with Gasteiger partial charge in [0.25, 0.3) is 0 Å². The number of nitrogens with zero attached hydrogens (tertiary/aromatic N) is 7. The van der Waals surface area contributed by atoms with Crippen LogP contribution < -0.4 is 25.4 Å². The third kappa shape index (κ3) is 6.80. The Morgan fingerprint density at radius 1 is 1.13 bits per heavy atom. The van der Waals surface area contributed by atoms with E-state index in [-0.39, 0.29) is 52.7 Å². The quantitative estimate of drug-likeness (QED) is 0.125. The van der Waals surface area contributed by atoms with Crippen LogP contribution in [0.1, 0.15) is 51.3 Å². The Bertz CT molecular complexity index is 2450. The second-order valence-electron chi connectivity index (χ2n) is 14.6. The number of hydrogen-bond acceptors (Lipinski definition) is 12. The van der Waals surface area contributed by atoms with Gasteiger partial charge in [0.2, 0.25) is 0 Å². The minimum atomic E-state index is -0.486. The van der Waals surface area contributed by atoms with Crippen molar-refractivity contribution in [3.8, 4) is 40.2 Å². The van der Waals surface area contributed by atoms with E-state index >= 15 is 4.39 Å². The summed E-state index contributed by atoms with van der Waals surface area (Å²) in [4.78, 5) is 12.2. The van der Waals surface area contributed by atoms with E-state index in [0.29, 0.717) is 56.0 Å². The summed E-state index contributed by atoms with van der Waals surface area (Å²) in [5.74, 6) is 0.953. The van der Waals surface area contributed by atoms with Gasteiger partial charge in [0.05, 0.1) is 33.6 Å². The highest BCUT2D eigenvalue weighted by Crippen LogP contribution is 2.50. The first kappa shape index (κ1) is 36.9. The van der Waals surface area contributed by atoms with Crippen LogP contribution in [0.15, 0.2) is 48.7 Å². The first-order chi connectivity index (χ1) is 26.5. The van der Waals surface area contributed by atoms with Gasteiger partial charge in [-0.1, -0.05) is 61.0 Å². The van der Waals surface area contributed by atoms with Crippen LogP contribution in [-0.2, 0) is 11.3 Å². The maximum atomic E-state index is 15.3. The van der Waals surface area contributed by atoms with Gasteiger partial charge in [-0.25, -0.2) is 9.07 Å². The number of ether oxygens (including phenoxy) is 3. The van der Waals surface area contributed by atoms with Gasteiger partial charge in [-0.3, -0.25) is 0 Å². The minimum absolute atomic E-state index is 0.135. The monoisotopic (exact) mass is 781 g/mol. The molecule has 0 saturated carbocycles. The minimum Gasteiger partial charge on any atom is -0.486 e. The molecular weight excluding hydrogens is 741 g/mol. The van der Waals surface area contributed by atoms with Crippen molar-refractivity contribution in [2.45, 2.75) is 65.0 Å². The van der Waals surface area contributed by atoms with Crippen LogP contribution in [0.25, 0.3) is 43.4 Å². The first-order valence-electron chi connectivity index (χ1n) is 18.3. The summed E-state index contributed by atoms with van der Waals surface area (Å²) in [7, 11) is 1.62. The van der Waals surface area contributed by atoms with Gasteiger partial charge in [0, 0.05) is 54.2 Å². The number of nitriles is 1. The molecule has 0 radical (unpaired) electrons. The zero-order valence-corrected chi connectivity index (χ0v) is 32.7. The van der Waals surface area contributed by atoms with Gasteiger partial charge in [-0.15, -0.1) is 16.4 Å². The molecule has 4 atom stereocenters. The number of nitrogens with one attached hydrogen (secondary N) is 1. The summed E-state index contributed by atoms with van der Waals surface area (Å²) in [6.45, 7) is 10.3. The predicted octanol–water partition coefficient (Wildman–Crippen LogP) is 7.78. The SMILES string of the molecule is CO[C@@H](C)COc1nc(N2CC3CC2CN3)c2cc(Cl)c(-c3ccc(F)c4sc(N)c(C#N)c34)c(OCc3ccc(-c4cn(C(C)C(C)C)nn4)cc3)c2n1. The highest BCUT2D eigenvalue weighted by atomic mass is 35.5. The molecule has 3 aromatic carbocycles. The number of nitrogen functional groups attached to an aromatic ring is 1. The van der Waals surface area contributed by atoms with Crippen LogP contribution in [-0.4, -0.2) is 70.0 Å². The van der Waals surface area contributed by atoms with Crippen LogP contribution in [0, 0.1) is 23.1 Å². The van der Waals surface area contributed by atoms with Crippen molar-refractivity contribution in [1.29, 1.82) is 5.26 Å². The van der Waals surface area contributed by atoms with Crippen LogP contribution in [0.4, 0.5) is 15.2 Å².